The molecular weight excluding hydrogens is 491 g/mol. The van der Waals surface area contributed by atoms with Crippen LogP contribution in [-0.4, -0.2) is 47.4 Å². The molecule has 9 heteroatoms. The number of carbonyl (C=O) groups is 1. The van der Waals surface area contributed by atoms with Crippen LogP contribution in [0.2, 0.25) is 18.1 Å². The van der Waals surface area contributed by atoms with E-state index in [2.05, 4.69) is 56.5 Å². The SMILES string of the molecule is CC(C)(C)[Si](C)(C)O[C@H]1C[C@@H](CI)N(C(=O)OCc2ccc([N+](=O)[O-])cc2)C1. The molecule has 0 aromatic heterocycles. The quantitative estimate of drug-likeness (QED) is 0.171. The standard InChI is InChI=1S/C19H29IN2O5Si/c1-19(2,3)28(4,5)27-17-10-16(11-20)21(12-17)18(23)26-13-14-6-8-15(9-7-14)22(24)25/h6-9,16-17H,10-13H2,1-5H3/t16-,17-/m0/s1. The zero-order valence-electron chi connectivity index (χ0n) is 17.1. The second-order valence-corrected chi connectivity index (χ2v) is 14.3. The van der Waals surface area contributed by atoms with Gasteiger partial charge in [-0.1, -0.05) is 43.4 Å². The number of nitro groups is 1. The number of rotatable bonds is 6. The smallest absolute Gasteiger partial charge is 0.410 e. The Hall–Kier alpha value is -1.20. The van der Waals surface area contributed by atoms with Gasteiger partial charge in [0.2, 0.25) is 0 Å². The van der Waals surface area contributed by atoms with E-state index < -0.39 is 13.2 Å². The van der Waals surface area contributed by atoms with E-state index >= 15 is 0 Å². The van der Waals surface area contributed by atoms with E-state index in [0.717, 1.165) is 16.4 Å². The van der Waals surface area contributed by atoms with Crippen molar-refractivity contribution in [2.24, 2.45) is 0 Å². The van der Waals surface area contributed by atoms with Crippen molar-refractivity contribution >= 4 is 42.7 Å². The summed E-state index contributed by atoms with van der Waals surface area (Å²) in [5.41, 5.74) is 0.739. The highest BCUT2D eigenvalue weighted by Crippen LogP contribution is 2.39. The number of likely N-dealkylation sites (tertiary alicyclic amines) is 1. The molecule has 0 saturated carbocycles. The molecule has 2 rings (SSSR count). The first-order valence-corrected chi connectivity index (χ1v) is 13.8. The molecule has 0 radical (unpaired) electrons. The Kier molecular flexibility index (Phi) is 7.48. The summed E-state index contributed by atoms with van der Waals surface area (Å²) < 4.78 is 12.8. The summed E-state index contributed by atoms with van der Waals surface area (Å²) in [6.07, 6.45) is 0.496. The Morgan fingerprint density at radius 3 is 2.43 bits per heavy atom. The molecule has 1 fully saturated rings. The van der Waals surface area contributed by atoms with Gasteiger partial charge in [-0.25, -0.2) is 4.79 Å². The third-order valence-electron chi connectivity index (χ3n) is 5.57. The second kappa shape index (κ2) is 9.08. The second-order valence-electron chi connectivity index (χ2n) is 8.67. The number of benzene rings is 1. The summed E-state index contributed by atoms with van der Waals surface area (Å²) in [6.45, 7) is 11.7. The van der Waals surface area contributed by atoms with Gasteiger partial charge in [-0.3, -0.25) is 10.1 Å². The van der Waals surface area contributed by atoms with Gasteiger partial charge in [0.25, 0.3) is 5.69 Å². The molecule has 2 atom stereocenters. The Bertz CT molecular complexity index is 705. The lowest BCUT2D eigenvalue weighted by Crippen LogP contribution is -2.44. The highest BCUT2D eigenvalue weighted by Gasteiger charge is 2.43. The lowest BCUT2D eigenvalue weighted by atomic mass is 10.2. The molecule has 156 valence electrons. The van der Waals surface area contributed by atoms with Crippen molar-refractivity contribution in [1.29, 1.82) is 0 Å². The first-order valence-electron chi connectivity index (χ1n) is 9.35. The molecule has 0 N–H and O–H groups in total. The van der Waals surface area contributed by atoms with E-state index in [1.165, 1.54) is 12.1 Å². The molecule has 0 spiro atoms. The summed E-state index contributed by atoms with van der Waals surface area (Å²) >= 11 is 2.29. The maximum Gasteiger partial charge on any atom is 0.410 e. The van der Waals surface area contributed by atoms with Crippen LogP contribution in [0.25, 0.3) is 0 Å². The molecule has 1 aromatic carbocycles. The molecular formula is C19H29IN2O5Si. The molecule has 28 heavy (non-hydrogen) atoms. The Morgan fingerprint density at radius 2 is 1.93 bits per heavy atom. The fourth-order valence-corrected chi connectivity index (χ4v) is 5.06. The lowest BCUT2D eigenvalue weighted by molar-refractivity contribution is -0.384. The Labute approximate surface area is 181 Å². The first kappa shape index (κ1) is 23.1. The van der Waals surface area contributed by atoms with E-state index in [9.17, 15) is 14.9 Å². The number of nitro benzene ring substituents is 1. The molecule has 1 heterocycles. The van der Waals surface area contributed by atoms with Gasteiger partial charge < -0.3 is 14.1 Å². The van der Waals surface area contributed by atoms with Crippen LogP contribution in [0.4, 0.5) is 10.5 Å². The molecule has 0 aliphatic carbocycles. The minimum atomic E-state index is -1.90. The van der Waals surface area contributed by atoms with Gasteiger partial charge in [0.1, 0.15) is 6.61 Å². The van der Waals surface area contributed by atoms with Gasteiger partial charge in [0.15, 0.2) is 8.32 Å². The number of halogens is 1. The highest BCUT2D eigenvalue weighted by atomic mass is 127. The van der Waals surface area contributed by atoms with Crippen LogP contribution in [0.3, 0.4) is 0 Å². The molecule has 1 amide bonds. The molecule has 1 aliphatic heterocycles. The summed E-state index contributed by atoms with van der Waals surface area (Å²) in [5.74, 6) is 0. The largest absolute Gasteiger partial charge is 0.445 e. The fraction of sp³-hybridized carbons (Fsp3) is 0.632. The normalized spacial score (nSPS) is 20.3. The van der Waals surface area contributed by atoms with Crippen LogP contribution >= 0.6 is 22.6 Å². The van der Waals surface area contributed by atoms with Gasteiger partial charge in [-0.15, -0.1) is 0 Å². The van der Waals surface area contributed by atoms with Gasteiger partial charge >= 0.3 is 6.09 Å². The van der Waals surface area contributed by atoms with Gasteiger partial charge in [0, 0.05) is 29.1 Å². The van der Waals surface area contributed by atoms with Crippen molar-refractivity contribution in [3.05, 3.63) is 39.9 Å². The number of non-ortho nitro benzene ring substituents is 1. The van der Waals surface area contributed by atoms with Gasteiger partial charge in [-0.2, -0.15) is 0 Å². The monoisotopic (exact) mass is 520 g/mol. The Morgan fingerprint density at radius 1 is 1.32 bits per heavy atom. The number of hydrogen-bond donors (Lipinski definition) is 0. The van der Waals surface area contributed by atoms with Crippen molar-refractivity contribution in [3.63, 3.8) is 0 Å². The van der Waals surface area contributed by atoms with Crippen LogP contribution < -0.4 is 0 Å². The Balaban J connectivity index is 1.95. The topological polar surface area (TPSA) is 81.9 Å². The third-order valence-corrected chi connectivity index (χ3v) is 11.1. The maximum absolute atomic E-state index is 12.6. The van der Waals surface area contributed by atoms with Crippen LogP contribution in [0, 0.1) is 10.1 Å². The van der Waals surface area contributed by atoms with Gasteiger partial charge in [-0.05, 0) is 42.2 Å². The van der Waals surface area contributed by atoms with Crippen molar-refractivity contribution in [2.45, 2.75) is 64.1 Å². The van der Waals surface area contributed by atoms with Crippen LogP contribution in [0.1, 0.15) is 32.8 Å². The molecule has 1 aliphatic rings. The highest BCUT2D eigenvalue weighted by molar-refractivity contribution is 14.1. The minimum absolute atomic E-state index is 0.0187. The molecule has 1 saturated heterocycles. The number of nitrogens with zero attached hydrogens (tertiary/aromatic N) is 2. The van der Waals surface area contributed by atoms with E-state index in [1.807, 2.05) is 0 Å². The number of hydrogen-bond acceptors (Lipinski definition) is 5. The number of alkyl halides is 1. The summed E-state index contributed by atoms with van der Waals surface area (Å²) in [6, 6.07) is 6.13. The zero-order chi connectivity index (χ0) is 21.1. The lowest BCUT2D eigenvalue weighted by Gasteiger charge is -2.38. The van der Waals surface area contributed by atoms with Crippen molar-refractivity contribution < 1.29 is 18.9 Å². The van der Waals surface area contributed by atoms with Crippen molar-refractivity contribution in [2.75, 3.05) is 11.0 Å². The van der Waals surface area contributed by atoms with E-state index in [4.69, 9.17) is 9.16 Å². The minimum Gasteiger partial charge on any atom is -0.445 e. The summed E-state index contributed by atoms with van der Waals surface area (Å²) in [4.78, 5) is 24.6. The average Bonchev–Trinajstić information content (AvgIpc) is 3.01. The number of carbonyl (C=O) groups excluding carboxylic acids is 1. The first-order chi connectivity index (χ1) is 12.9. The maximum atomic E-state index is 12.6. The van der Waals surface area contributed by atoms with E-state index in [1.54, 1.807) is 17.0 Å². The number of amides is 1. The molecule has 0 unspecified atom stereocenters. The third kappa shape index (κ3) is 5.66. The average molecular weight is 520 g/mol. The zero-order valence-corrected chi connectivity index (χ0v) is 20.3. The van der Waals surface area contributed by atoms with E-state index in [0.29, 0.717) is 6.54 Å². The fourth-order valence-electron chi connectivity index (χ4n) is 2.86. The van der Waals surface area contributed by atoms with Gasteiger partial charge in [0.05, 0.1) is 11.0 Å². The van der Waals surface area contributed by atoms with Crippen LogP contribution in [-0.2, 0) is 15.8 Å². The molecule has 1 aromatic rings. The van der Waals surface area contributed by atoms with Crippen LogP contribution in [0.5, 0.6) is 0 Å². The van der Waals surface area contributed by atoms with E-state index in [-0.39, 0.29) is 35.6 Å². The molecule has 0 bridgehead atoms. The predicted molar refractivity (Wildman–Crippen MR) is 119 cm³/mol. The van der Waals surface area contributed by atoms with Crippen molar-refractivity contribution in [3.8, 4) is 0 Å². The summed E-state index contributed by atoms with van der Waals surface area (Å²) in [5, 5.41) is 10.8. The number of ether oxygens (including phenoxy) is 1. The summed E-state index contributed by atoms with van der Waals surface area (Å²) in [7, 11) is -1.90. The molecule has 7 nitrogen and oxygen atoms in total. The predicted octanol–water partition coefficient (Wildman–Crippen LogP) is 5.13. The van der Waals surface area contributed by atoms with Crippen LogP contribution in [0.15, 0.2) is 24.3 Å². The van der Waals surface area contributed by atoms with Crippen molar-refractivity contribution in [1.82, 2.24) is 4.90 Å².